The van der Waals surface area contributed by atoms with Gasteiger partial charge in [0, 0.05) is 0 Å². The molecule has 0 aliphatic carbocycles. The standard InChI is InChI=1S/C17H20N4O6.C12H22O11/c1-7-3-9-10(4-8(7)2)21(5-11(23)14(25)12(24)6-22)15-13(18-9)16(26)20-17(27)19-15;13-1-4-6(16)8(18)9(19)11(21-4)23-12(3-15)10(20)7(17)5(2-14)22-12/h3-4,11-12,14,22-25H,5-6H2,1-2H3,(H,20,26,27);4-11,13-20H,1-3H2/t11-,12+,14-;4-,5-,6-,7-,8+,9-,10+,11-,12+/m01/s1. The molecular formula is C29H42N4O17. The lowest BCUT2D eigenvalue weighted by molar-refractivity contribution is -0.383. The Labute approximate surface area is 281 Å². The Kier molecular flexibility index (Phi) is 12.7. The van der Waals surface area contributed by atoms with Crippen molar-refractivity contribution in [2.75, 3.05) is 26.4 Å². The summed E-state index contributed by atoms with van der Waals surface area (Å²) in [6, 6.07) is 3.53. The Bertz CT molecular complexity index is 1690. The van der Waals surface area contributed by atoms with Crippen LogP contribution in [-0.2, 0) is 20.8 Å². The minimum Gasteiger partial charge on any atom is -0.394 e. The first-order valence-electron chi connectivity index (χ1n) is 15.3. The molecule has 0 amide bonds. The van der Waals surface area contributed by atoms with Gasteiger partial charge < -0.3 is 80.1 Å². The number of rotatable bonds is 10. The number of fused-ring (bicyclic) bond motifs is 2. The number of aromatic amines is 1. The van der Waals surface area contributed by atoms with Crippen LogP contribution in [0.5, 0.6) is 0 Å². The molecule has 4 heterocycles. The van der Waals surface area contributed by atoms with Gasteiger partial charge in [0.05, 0.1) is 37.4 Å². The van der Waals surface area contributed by atoms with E-state index in [0.29, 0.717) is 11.0 Å². The van der Waals surface area contributed by atoms with Crippen LogP contribution in [0.3, 0.4) is 0 Å². The minimum atomic E-state index is -2.22. The number of aliphatic hydroxyl groups excluding tert-OH is 12. The van der Waals surface area contributed by atoms with Gasteiger partial charge in [0.25, 0.3) is 5.56 Å². The second-order valence-electron chi connectivity index (χ2n) is 12.1. The number of nitrogens with zero attached hydrogens (tertiary/aromatic N) is 3. The first-order valence-corrected chi connectivity index (χ1v) is 15.3. The highest BCUT2D eigenvalue weighted by Crippen LogP contribution is 2.36. The van der Waals surface area contributed by atoms with E-state index in [1.807, 2.05) is 13.8 Å². The van der Waals surface area contributed by atoms with Gasteiger partial charge in [-0.15, -0.1) is 0 Å². The van der Waals surface area contributed by atoms with Gasteiger partial charge in [0.2, 0.25) is 5.79 Å². The molecule has 0 bridgehead atoms. The normalized spacial score (nSPS) is 31.7. The average molecular weight is 719 g/mol. The maximum Gasteiger partial charge on any atom is 0.349 e. The topological polar surface area (TPSA) is 351 Å². The lowest BCUT2D eigenvalue weighted by Gasteiger charge is -2.43. The predicted octanol–water partition coefficient (Wildman–Crippen LogP) is -7.12. The molecule has 0 spiro atoms. The van der Waals surface area contributed by atoms with Crippen LogP contribution in [0.15, 0.2) is 21.7 Å². The molecule has 4 aliphatic heterocycles. The molecule has 0 unspecified atom stereocenters. The summed E-state index contributed by atoms with van der Waals surface area (Å²) >= 11 is 0. The van der Waals surface area contributed by atoms with Gasteiger partial charge >= 0.3 is 5.69 Å². The Morgan fingerprint density at radius 1 is 0.880 bits per heavy atom. The number of ether oxygens (including phenoxy) is 3. The van der Waals surface area contributed by atoms with Crippen molar-refractivity contribution in [1.82, 2.24) is 19.5 Å². The molecule has 2 saturated heterocycles. The third-order valence-corrected chi connectivity index (χ3v) is 8.64. The summed E-state index contributed by atoms with van der Waals surface area (Å²) in [5, 5.41) is 115. The molecule has 4 aliphatic rings. The van der Waals surface area contributed by atoms with Crippen LogP contribution in [-0.4, -0.2) is 180 Å². The third-order valence-electron chi connectivity index (χ3n) is 8.64. The number of aromatic nitrogens is 4. The molecule has 5 rings (SSSR count). The summed E-state index contributed by atoms with van der Waals surface area (Å²) in [6.45, 7) is 0.406. The third kappa shape index (κ3) is 7.72. The van der Waals surface area contributed by atoms with Crippen LogP contribution in [0.4, 0.5) is 0 Å². The Balaban J connectivity index is 0.000000228. The number of hydrogen-bond donors (Lipinski definition) is 13. The SMILES string of the molecule is Cc1cc2nc3c(=O)[nH]c(=O)nc-3n(C[C@H](O)[C@H](O)[C@H](O)CO)c2cc1C.OC[C@H]1O[C@@](CO)(O[C@H]2O[C@H](CO)[C@@H](O)[C@H](O)[C@H]2O)[C@@H](O)[C@@H]1O. The highest BCUT2D eigenvalue weighted by atomic mass is 16.8. The Morgan fingerprint density at radius 2 is 1.52 bits per heavy atom. The number of H-pyrrole nitrogens is 1. The molecule has 13 N–H and O–H groups in total. The zero-order valence-corrected chi connectivity index (χ0v) is 26.8. The Hall–Kier alpha value is -3.10. The van der Waals surface area contributed by atoms with Crippen molar-refractivity contribution in [1.29, 1.82) is 0 Å². The molecule has 21 nitrogen and oxygen atoms in total. The van der Waals surface area contributed by atoms with Gasteiger partial charge in [-0.3, -0.25) is 9.78 Å². The monoisotopic (exact) mass is 718 g/mol. The van der Waals surface area contributed by atoms with Crippen LogP contribution in [0.2, 0.25) is 0 Å². The fourth-order valence-electron chi connectivity index (χ4n) is 5.53. The van der Waals surface area contributed by atoms with E-state index in [2.05, 4.69) is 15.0 Å². The van der Waals surface area contributed by atoms with Crippen molar-refractivity contribution < 1.29 is 75.5 Å². The van der Waals surface area contributed by atoms with Crippen molar-refractivity contribution in [2.24, 2.45) is 0 Å². The first-order chi connectivity index (χ1) is 23.5. The predicted molar refractivity (Wildman–Crippen MR) is 164 cm³/mol. The summed E-state index contributed by atoms with van der Waals surface area (Å²) in [5.41, 5.74) is 1.11. The minimum absolute atomic E-state index is 0.0516. The maximum atomic E-state index is 12.2. The van der Waals surface area contributed by atoms with E-state index < -0.39 is 111 Å². The molecule has 280 valence electrons. The van der Waals surface area contributed by atoms with E-state index in [1.165, 1.54) is 4.57 Å². The van der Waals surface area contributed by atoms with Gasteiger partial charge in [0.1, 0.15) is 67.6 Å². The van der Waals surface area contributed by atoms with Crippen LogP contribution in [0, 0.1) is 13.8 Å². The fraction of sp³-hybridized carbons (Fsp3) is 0.655. The van der Waals surface area contributed by atoms with E-state index in [4.69, 9.17) is 29.5 Å². The van der Waals surface area contributed by atoms with Crippen molar-refractivity contribution in [3.8, 4) is 11.5 Å². The lowest BCUT2D eigenvalue weighted by atomic mass is 9.99. The lowest BCUT2D eigenvalue weighted by Crippen LogP contribution is -2.62. The fourth-order valence-corrected chi connectivity index (χ4v) is 5.53. The van der Waals surface area contributed by atoms with Gasteiger partial charge in [0.15, 0.2) is 17.8 Å². The second-order valence-corrected chi connectivity index (χ2v) is 12.1. The van der Waals surface area contributed by atoms with Crippen molar-refractivity contribution in [3.05, 3.63) is 44.1 Å². The number of aliphatic hydroxyl groups is 12. The largest absolute Gasteiger partial charge is 0.394 e. The van der Waals surface area contributed by atoms with Gasteiger partial charge in [-0.05, 0) is 37.1 Å². The number of benzene rings is 1. The molecule has 0 aromatic heterocycles. The molecule has 1 aromatic carbocycles. The molecule has 21 heteroatoms. The summed E-state index contributed by atoms with van der Waals surface area (Å²) in [5.74, 6) is -2.27. The van der Waals surface area contributed by atoms with Gasteiger partial charge in [-0.25, -0.2) is 9.78 Å². The summed E-state index contributed by atoms with van der Waals surface area (Å²) in [4.78, 5) is 34.0. The highest BCUT2D eigenvalue weighted by Gasteiger charge is 2.58. The van der Waals surface area contributed by atoms with Crippen LogP contribution in [0.25, 0.3) is 22.6 Å². The average Bonchev–Trinajstić information content (AvgIpc) is 3.34. The van der Waals surface area contributed by atoms with Crippen molar-refractivity contribution >= 4 is 11.0 Å². The molecular weight excluding hydrogens is 676 g/mol. The molecule has 12 atom stereocenters. The second kappa shape index (κ2) is 16.1. The highest BCUT2D eigenvalue weighted by molar-refractivity contribution is 5.81. The van der Waals surface area contributed by atoms with Crippen molar-refractivity contribution in [3.63, 3.8) is 0 Å². The van der Waals surface area contributed by atoms with E-state index in [0.717, 1.165) is 11.1 Å². The van der Waals surface area contributed by atoms with Gasteiger partial charge in [-0.1, -0.05) is 0 Å². The summed E-state index contributed by atoms with van der Waals surface area (Å²) < 4.78 is 16.8. The van der Waals surface area contributed by atoms with E-state index in [1.54, 1.807) is 12.1 Å². The smallest absolute Gasteiger partial charge is 0.349 e. The maximum absolute atomic E-state index is 12.2. The molecule has 2 fully saturated rings. The van der Waals surface area contributed by atoms with E-state index in [9.17, 15) is 55.5 Å². The quantitative estimate of drug-likeness (QED) is 0.0866. The number of aryl methyl sites for hydroxylation is 2. The van der Waals surface area contributed by atoms with E-state index in [-0.39, 0.29) is 18.1 Å². The summed E-state index contributed by atoms with van der Waals surface area (Å²) in [6.07, 6.45) is -17.3. The zero-order chi connectivity index (χ0) is 37.2. The van der Waals surface area contributed by atoms with E-state index >= 15 is 0 Å². The molecule has 50 heavy (non-hydrogen) atoms. The van der Waals surface area contributed by atoms with Crippen molar-refractivity contribution in [2.45, 2.75) is 93.5 Å². The molecule has 0 radical (unpaired) electrons. The van der Waals surface area contributed by atoms with Gasteiger partial charge in [-0.2, -0.15) is 4.98 Å². The number of hydrogen-bond acceptors (Lipinski definition) is 19. The first kappa shape index (κ1) is 39.7. The van der Waals surface area contributed by atoms with Crippen LogP contribution < -0.4 is 11.2 Å². The number of nitrogens with one attached hydrogen (secondary N) is 1. The van der Waals surface area contributed by atoms with Crippen LogP contribution >= 0.6 is 0 Å². The zero-order valence-electron chi connectivity index (χ0n) is 26.8. The molecule has 0 saturated carbocycles. The van der Waals surface area contributed by atoms with Crippen LogP contribution in [0.1, 0.15) is 11.1 Å². The molecule has 1 aromatic rings. The summed E-state index contributed by atoms with van der Waals surface area (Å²) in [7, 11) is 0. The Morgan fingerprint density at radius 3 is 2.10 bits per heavy atom.